The fourth-order valence-electron chi connectivity index (χ4n) is 3.49. The minimum Gasteiger partial charge on any atom is -0.320 e. The maximum Gasteiger partial charge on any atom is 0.126 e. The van der Waals surface area contributed by atoms with Gasteiger partial charge in [-0.1, -0.05) is 24.3 Å². The molecule has 1 aliphatic heterocycles. The van der Waals surface area contributed by atoms with E-state index < -0.39 is 11.6 Å². The Morgan fingerprint density at radius 2 is 1.75 bits per heavy atom. The van der Waals surface area contributed by atoms with Gasteiger partial charge in [0.25, 0.3) is 0 Å². The average molecular weight is 330 g/mol. The van der Waals surface area contributed by atoms with Crippen molar-refractivity contribution in [3.63, 3.8) is 0 Å². The van der Waals surface area contributed by atoms with Gasteiger partial charge in [0.15, 0.2) is 0 Å². The second kappa shape index (κ2) is 7.86. The molecule has 0 aromatic heterocycles. The van der Waals surface area contributed by atoms with Gasteiger partial charge in [0.1, 0.15) is 11.6 Å². The monoisotopic (exact) mass is 330 g/mol. The van der Waals surface area contributed by atoms with Crippen LogP contribution < -0.4 is 10.6 Å². The largest absolute Gasteiger partial charge is 0.320 e. The summed E-state index contributed by atoms with van der Waals surface area (Å²) < 4.78 is 26.9. The topological polar surface area (TPSA) is 24.1 Å². The van der Waals surface area contributed by atoms with Gasteiger partial charge in [0.2, 0.25) is 0 Å². The molecule has 2 nitrogen and oxygen atoms in total. The van der Waals surface area contributed by atoms with Crippen LogP contribution in [0.5, 0.6) is 0 Å². The summed E-state index contributed by atoms with van der Waals surface area (Å²) in [6.07, 6.45) is 4.48. The second-order valence-corrected chi connectivity index (χ2v) is 6.59. The zero-order valence-electron chi connectivity index (χ0n) is 14.0. The second-order valence-electron chi connectivity index (χ2n) is 6.59. The number of nitrogens with one attached hydrogen (secondary N) is 2. The van der Waals surface area contributed by atoms with Crippen molar-refractivity contribution in [2.24, 2.45) is 0 Å². The third-order valence-electron chi connectivity index (χ3n) is 4.68. The Morgan fingerprint density at radius 3 is 2.50 bits per heavy atom. The first kappa shape index (κ1) is 17.1. The van der Waals surface area contributed by atoms with Crippen LogP contribution in [-0.4, -0.2) is 25.7 Å². The van der Waals surface area contributed by atoms with Gasteiger partial charge >= 0.3 is 0 Å². The van der Waals surface area contributed by atoms with Crippen LogP contribution in [0.1, 0.15) is 24.8 Å². The molecule has 1 aliphatic rings. The van der Waals surface area contributed by atoms with Crippen LogP contribution in [0, 0.1) is 11.6 Å². The summed E-state index contributed by atoms with van der Waals surface area (Å²) in [4.78, 5) is 0. The lowest BCUT2D eigenvalue weighted by Crippen LogP contribution is -2.32. The zero-order valence-corrected chi connectivity index (χ0v) is 14.0. The molecule has 0 saturated carbocycles. The van der Waals surface area contributed by atoms with E-state index in [0.29, 0.717) is 17.6 Å². The molecule has 0 aliphatic carbocycles. The normalized spacial score (nSPS) is 20.5. The van der Waals surface area contributed by atoms with Crippen molar-refractivity contribution < 1.29 is 8.78 Å². The number of rotatable bonds is 6. The molecule has 0 amide bonds. The van der Waals surface area contributed by atoms with E-state index in [1.807, 2.05) is 25.2 Å². The summed E-state index contributed by atoms with van der Waals surface area (Å²) in [7, 11) is 1.98. The third-order valence-corrected chi connectivity index (χ3v) is 4.68. The van der Waals surface area contributed by atoms with Crippen LogP contribution in [0.3, 0.4) is 0 Å². The average Bonchev–Trinajstić information content (AvgIpc) is 2.99. The summed E-state index contributed by atoms with van der Waals surface area (Å²) in [6, 6.07) is 12.7. The Kier molecular flexibility index (Phi) is 5.59. The summed E-state index contributed by atoms with van der Waals surface area (Å²) in [5.74, 6) is -1.08. The highest BCUT2D eigenvalue weighted by atomic mass is 19.1. The lowest BCUT2D eigenvalue weighted by atomic mass is 9.99. The first-order valence-corrected chi connectivity index (χ1v) is 8.60. The molecule has 4 heteroatoms. The van der Waals surface area contributed by atoms with Crippen molar-refractivity contribution in [2.45, 2.75) is 37.8 Å². The Morgan fingerprint density at radius 1 is 1.00 bits per heavy atom. The molecule has 24 heavy (non-hydrogen) atoms. The van der Waals surface area contributed by atoms with E-state index in [1.54, 1.807) is 0 Å². The zero-order chi connectivity index (χ0) is 16.9. The lowest BCUT2D eigenvalue weighted by Gasteiger charge is -2.15. The molecule has 1 heterocycles. The fraction of sp³-hybridized carbons (Fsp3) is 0.400. The molecule has 2 aromatic carbocycles. The summed E-state index contributed by atoms with van der Waals surface area (Å²) in [5, 5.41) is 6.88. The SMILES string of the molecule is CNCC[C@@H]1CCC(Cc2cccc(-c3cc(F)cc(F)c3)c2)N1. The molecule has 3 rings (SSSR count). The fourth-order valence-corrected chi connectivity index (χ4v) is 3.49. The molecule has 2 atom stereocenters. The van der Waals surface area contributed by atoms with Gasteiger partial charge in [-0.05, 0) is 68.1 Å². The first-order chi connectivity index (χ1) is 11.6. The standard InChI is InChI=1S/C20H24F2N2/c1-23-8-7-19-5-6-20(24-19)10-14-3-2-4-15(9-14)16-11-17(21)13-18(22)12-16/h2-4,9,11-13,19-20,23-24H,5-8,10H2,1H3/t19-,20?/m0/s1. The van der Waals surface area contributed by atoms with Crippen molar-refractivity contribution in [1.29, 1.82) is 0 Å². The smallest absolute Gasteiger partial charge is 0.126 e. The lowest BCUT2D eigenvalue weighted by molar-refractivity contribution is 0.500. The summed E-state index contributed by atoms with van der Waals surface area (Å²) in [6.45, 7) is 1.03. The van der Waals surface area contributed by atoms with Crippen molar-refractivity contribution in [1.82, 2.24) is 10.6 Å². The van der Waals surface area contributed by atoms with Crippen LogP contribution in [0.4, 0.5) is 8.78 Å². The summed E-state index contributed by atoms with van der Waals surface area (Å²) in [5.41, 5.74) is 2.64. The van der Waals surface area contributed by atoms with Gasteiger partial charge in [0.05, 0.1) is 0 Å². The van der Waals surface area contributed by atoms with Gasteiger partial charge in [-0.3, -0.25) is 0 Å². The Bertz CT molecular complexity index is 667. The Hall–Kier alpha value is -1.78. The van der Waals surface area contributed by atoms with E-state index in [0.717, 1.165) is 31.0 Å². The first-order valence-electron chi connectivity index (χ1n) is 8.60. The number of hydrogen-bond donors (Lipinski definition) is 2. The van der Waals surface area contributed by atoms with E-state index in [4.69, 9.17) is 0 Å². The van der Waals surface area contributed by atoms with E-state index >= 15 is 0 Å². The van der Waals surface area contributed by atoms with Gasteiger partial charge < -0.3 is 10.6 Å². The van der Waals surface area contributed by atoms with Gasteiger partial charge in [-0.15, -0.1) is 0 Å². The Labute approximate surface area is 142 Å². The highest BCUT2D eigenvalue weighted by molar-refractivity contribution is 5.64. The highest BCUT2D eigenvalue weighted by Crippen LogP contribution is 2.24. The molecular weight excluding hydrogens is 306 g/mol. The summed E-state index contributed by atoms with van der Waals surface area (Å²) >= 11 is 0. The van der Waals surface area contributed by atoms with E-state index in [-0.39, 0.29) is 0 Å². The van der Waals surface area contributed by atoms with Crippen LogP contribution in [-0.2, 0) is 6.42 Å². The maximum atomic E-state index is 13.4. The molecule has 0 radical (unpaired) electrons. The van der Waals surface area contributed by atoms with Crippen molar-refractivity contribution in [3.8, 4) is 11.1 Å². The number of hydrogen-bond acceptors (Lipinski definition) is 2. The minimum absolute atomic E-state index is 0.478. The van der Waals surface area contributed by atoms with E-state index in [2.05, 4.69) is 16.7 Å². The molecule has 2 N–H and O–H groups in total. The number of benzene rings is 2. The van der Waals surface area contributed by atoms with Gasteiger partial charge in [-0.25, -0.2) is 8.78 Å². The highest BCUT2D eigenvalue weighted by Gasteiger charge is 2.23. The van der Waals surface area contributed by atoms with Crippen molar-refractivity contribution in [2.75, 3.05) is 13.6 Å². The van der Waals surface area contributed by atoms with Crippen LogP contribution in [0.2, 0.25) is 0 Å². The third kappa shape index (κ3) is 4.40. The minimum atomic E-state index is -0.541. The number of halogens is 2. The predicted molar refractivity (Wildman–Crippen MR) is 94.0 cm³/mol. The molecule has 1 saturated heterocycles. The molecule has 2 aromatic rings. The molecule has 1 fully saturated rings. The Balaban J connectivity index is 1.68. The molecular formula is C20H24F2N2. The molecule has 0 spiro atoms. The quantitative estimate of drug-likeness (QED) is 0.839. The van der Waals surface area contributed by atoms with Crippen molar-refractivity contribution >= 4 is 0 Å². The van der Waals surface area contributed by atoms with Gasteiger partial charge in [-0.2, -0.15) is 0 Å². The molecule has 128 valence electrons. The van der Waals surface area contributed by atoms with E-state index in [9.17, 15) is 8.78 Å². The van der Waals surface area contributed by atoms with E-state index in [1.165, 1.54) is 30.5 Å². The maximum absolute atomic E-state index is 13.4. The van der Waals surface area contributed by atoms with Crippen LogP contribution in [0.25, 0.3) is 11.1 Å². The molecule has 0 bridgehead atoms. The van der Waals surface area contributed by atoms with Crippen molar-refractivity contribution in [3.05, 3.63) is 59.7 Å². The molecule has 1 unspecified atom stereocenters. The van der Waals surface area contributed by atoms with Crippen LogP contribution >= 0.6 is 0 Å². The van der Waals surface area contributed by atoms with Crippen LogP contribution in [0.15, 0.2) is 42.5 Å². The van der Waals surface area contributed by atoms with Gasteiger partial charge in [0, 0.05) is 18.2 Å². The predicted octanol–water partition coefficient (Wildman–Crippen LogP) is 3.90.